The number of amides is 1. The molecule has 90 valence electrons. The van der Waals surface area contributed by atoms with Gasteiger partial charge in [0.05, 0.1) is 12.6 Å². The molecule has 1 heterocycles. The normalized spacial score (nSPS) is 24.9. The highest BCUT2D eigenvalue weighted by atomic mass is 16.6. The van der Waals surface area contributed by atoms with Crippen molar-refractivity contribution in [1.29, 1.82) is 0 Å². The SMILES string of the molecule is C=CCOC(=O)N1CC(O)CCC1C(=O)O. The summed E-state index contributed by atoms with van der Waals surface area (Å²) in [6.45, 7) is 3.40. The Hall–Kier alpha value is -1.56. The van der Waals surface area contributed by atoms with Crippen molar-refractivity contribution < 1.29 is 24.5 Å². The highest BCUT2D eigenvalue weighted by Gasteiger charge is 2.36. The van der Waals surface area contributed by atoms with Crippen molar-refractivity contribution in [3.63, 3.8) is 0 Å². The molecule has 2 atom stereocenters. The largest absolute Gasteiger partial charge is 0.480 e. The number of aliphatic hydroxyl groups is 1. The van der Waals surface area contributed by atoms with Crippen LogP contribution in [0.4, 0.5) is 4.79 Å². The monoisotopic (exact) mass is 229 g/mol. The van der Waals surface area contributed by atoms with Gasteiger partial charge >= 0.3 is 12.1 Å². The van der Waals surface area contributed by atoms with Gasteiger partial charge in [-0.2, -0.15) is 0 Å². The molecule has 1 aliphatic rings. The van der Waals surface area contributed by atoms with Gasteiger partial charge in [0.2, 0.25) is 0 Å². The molecule has 6 heteroatoms. The van der Waals surface area contributed by atoms with Gasteiger partial charge < -0.3 is 14.9 Å². The topological polar surface area (TPSA) is 87.1 Å². The molecular weight excluding hydrogens is 214 g/mol. The molecule has 0 radical (unpaired) electrons. The van der Waals surface area contributed by atoms with E-state index < -0.39 is 24.2 Å². The second-order valence-electron chi connectivity index (χ2n) is 3.60. The Balaban J connectivity index is 2.66. The van der Waals surface area contributed by atoms with E-state index in [1.807, 2.05) is 0 Å². The zero-order chi connectivity index (χ0) is 12.1. The molecule has 0 bridgehead atoms. The number of hydrogen-bond donors (Lipinski definition) is 2. The third-order valence-corrected chi connectivity index (χ3v) is 2.40. The zero-order valence-electron chi connectivity index (χ0n) is 8.83. The average molecular weight is 229 g/mol. The second-order valence-corrected chi connectivity index (χ2v) is 3.60. The number of aliphatic hydroxyl groups excluding tert-OH is 1. The van der Waals surface area contributed by atoms with Crippen molar-refractivity contribution in [2.75, 3.05) is 13.2 Å². The fourth-order valence-corrected chi connectivity index (χ4v) is 1.62. The molecule has 2 N–H and O–H groups in total. The average Bonchev–Trinajstić information content (AvgIpc) is 2.25. The van der Waals surface area contributed by atoms with Crippen LogP contribution in [0.2, 0.25) is 0 Å². The number of rotatable bonds is 3. The molecule has 1 aliphatic heterocycles. The molecule has 2 unspecified atom stereocenters. The quantitative estimate of drug-likeness (QED) is 0.676. The van der Waals surface area contributed by atoms with Crippen molar-refractivity contribution in [3.8, 4) is 0 Å². The fourth-order valence-electron chi connectivity index (χ4n) is 1.62. The Morgan fingerprint density at radius 3 is 2.75 bits per heavy atom. The summed E-state index contributed by atoms with van der Waals surface area (Å²) in [5.41, 5.74) is 0. The van der Waals surface area contributed by atoms with Crippen LogP contribution >= 0.6 is 0 Å². The molecule has 16 heavy (non-hydrogen) atoms. The molecular formula is C10H15NO5. The van der Waals surface area contributed by atoms with Crippen molar-refractivity contribution in [2.24, 2.45) is 0 Å². The molecule has 0 aliphatic carbocycles. The summed E-state index contributed by atoms with van der Waals surface area (Å²) in [7, 11) is 0. The van der Waals surface area contributed by atoms with E-state index >= 15 is 0 Å². The smallest absolute Gasteiger partial charge is 0.410 e. The zero-order valence-corrected chi connectivity index (χ0v) is 8.83. The van der Waals surface area contributed by atoms with Gasteiger partial charge in [-0.25, -0.2) is 9.59 Å². The standard InChI is InChI=1S/C10H15NO5/c1-2-5-16-10(15)11-6-7(12)3-4-8(11)9(13)14/h2,7-8,12H,1,3-6H2,(H,13,14). The van der Waals surface area contributed by atoms with Gasteiger partial charge in [-0.05, 0) is 12.8 Å². The molecule has 0 aromatic rings. The lowest BCUT2D eigenvalue weighted by Gasteiger charge is -2.34. The van der Waals surface area contributed by atoms with Crippen LogP contribution in [0.3, 0.4) is 0 Å². The number of likely N-dealkylation sites (tertiary alicyclic amines) is 1. The molecule has 0 aromatic heterocycles. The molecule has 1 amide bonds. The number of carbonyl (C=O) groups excluding carboxylic acids is 1. The number of carbonyl (C=O) groups is 2. The third kappa shape index (κ3) is 2.96. The van der Waals surface area contributed by atoms with Crippen LogP contribution in [0.1, 0.15) is 12.8 Å². The van der Waals surface area contributed by atoms with E-state index in [2.05, 4.69) is 6.58 Å². The maximum absolute atomic E-state index is 11.5. The van der Waals surface area contributed by atoms with Gasteiger partial charge in [-0.15, -0.1) is 0 Å². The first-order chi connectivity index (χ1) is 7.56. The van der Waals surface area contributed by atoms with E-state index in [4.69, 9.17) is 9.84 Å². The first-order valence-electron chi connectivity index (χ1n) is 5.01. The lowest BCUT2D eigenvalue weighted by atomic mass is 10.0. The lowest BCUT2D eigenvalue weighted by molar-refractivity contribution is -0.145. The number of carboxylic acids is 1. The minimum atomic E-state index is -1.08. The number of aliphatic carboxylic acids is 1. The van der Waals surface area contributed by atoms with Crippen LogP contribution in [0.25, 0.3) is 0 Å². The van der Waals surface area contributed by atoms with Crippen LogP contribution in [0.15, 0.2) is 12.7 Å². The van der Waals surface area contributed by atoms with Crippen molar-refractivity contribution in [3.05, 3.63) is 12.7 Å². The van der Waals surface area contributed by atoms with E-state index in [-0.39, 0.29) is 19.6 Å². The highest BCUT2D eigenvalue weighted by molar-refractivity contribution is 5.80. The molecule has 1 rings (SSSR count). The third-order valence-electron chi connectivity index (χ3n) is 2.40. The number of hydrogen-bond acceptors (Lipinski definition) is 4. The minimum Gasteiger partial charge on any atom is -0.480 e. The van der Waals surface area contributed by atoms with Crippen LogP contribution in [-0.2, 0) is 9.53 Å². The minimum absolute atomic E-state index is 0.00700. The molecule has 0 aromatic carbocycles. The predicted octanol–water partition coefficient (Wildman–Crippen LogP) is 0.219. The molecule has 6 nitrogen and oxygen atoms in total. The van der Waals surface area contributed by atoms with Crippen LogP contribution in [0, 0.1) is 0 Å². The summed E-state index contributed by atoms with van der Waals surface area (Å²) in [6, 6.07) is -0.916. The Bertz CT molecular complexity index is 291. The predicted molar refractivity (Wildman–Crippen MR) is 54.9 cm³/mol. The summed E-state index contributed by atoms with van der Waals surface area (Å²) in [4.78, 5) is 23.4. The number of β-amino-alcohol motifs (C(OH)–C–C–N with tert-alkyl or cyclic N) is 1. The molecule has 0 saturated carbocycles. The van der Waals surface area contributed by atoms with Gasteiger partial charge in [0.15, 0.2) is 0 Å². The van der Waals surface area contributed by atoms with Crippen LogP contribution < -0.4 is 0 Å². The number of nitrogens with zero attached hydrogens (tertiary/aromatic N) is 1. The number of ether oxygens (including phenoxy) is 1. The van der Waals surface area contributed by atoms with E-state index in [1.54, 1.807) is 0 Å². The summed E-state index contributed by atoms with van der Waals surface area (Å²) in [6.07, 6.45) is 0.591. The van der Waals surface area contributed by atoms with Crippen molar-refractivity contribution in [2.45, 2.75) is 25.0 Å². The number of piperidine rings is 1. The van der Waals surface area contributed by atoms with Crippen LogP contribution in [-0.4, -0.2) is 52.5 Å². The molecule has 1 saturated heterocycles. The first kappa shape index (κ1) is 12.5. The van der Waals surface area contributed by atoms with Gasteiger partial charge in [-0.1, -0.05) is 12.7 Å². The second kappa shape index (κ2) is 5.50. The van der Waals surface area contributed by atoms with Gasteiger partial charge in [0, 0.05) is 0 Å². The lowest BCUT2D eigenvalue weighted by Crippen LogP contribution is -2.52. The molecule has 0 spiro atoms. The van der Waals surface area contributed by atoms with Crippen molar-refractivity contribution in [1.82, 2.24) is 4.90 Å². The summed E-state index contributed by atoms with van der Waals surface area (Å²) >= 11 is 0. The summed E-state index contributed by atoms with van der Waals surface area (Å²) in [5.74, 6) is -1.08. The Kier molecular flexibility index (Phi) is 4.30. The van der Waals surface area contributed by atoms with E-state index in [0.29, 0.717) is 6.42 Å². The van der Waals surface area contributed by atoms with E-state index in [9.17, 15) is 14.7 Å². The fraction of sp³-hybridized carbons (Fsp3) is 0.600. The summed E-state index contributed by atoms with van der Waals surface area (Å²) < 4.78 is 4.75. The van der Waals surface area contributed by atoms with Crippen LogP contribution in [0.5, 0.6) is 0 Å². The van der Waals surface area contributed by atoms with Gasteiger partial charge in [0.1, 0.15) is 12.6 Å². The molecule has 1 fully saturated rings. The first-order valence-corrected chi connectivity index (χ1v) is 5.01. The Labute approximate surface area is 93.1 Å². The van der Waals surface area contributed by atoms with Crippen molar-refractivity contribution >= 4 is 12.1 Å². The van der Waals surface area contributed by atoms with Gasteiger partial charge in [0.25, 0.3) is 0 Å². The Morgan fingerprint density at radius 1 is 1.50 bits per heavy atom. The number of carboxylic acid groups (broad SMARTS) is 1. The van der Waals surface area contributed by atoms with E-state index in [1.165, 1.54) is 6.08 Å². The maximum atomic E-state index is 11.5. The highest BCUT2D eigenvalue weighted by Crippen LogP contribution is 2.18. The van der Waals surface area contributed by atoms with E-state index in [0.717, 1.165) is 4.90 Å². The summed E-state index contributed by atoms with van der Waals surface area (Å²) in [5, 5.41) is 18.3. The maximum Gasteiger partial charge on any atom is 0.410 e. The Morgan fingerprint density at radius 2 is 2.19 bits per heavy atom. The van der Waals surface area contributed by atoms with Gasteiger partial charge in [-0.3, -0.25) is 4.90 Å².